The second-order valence-corrected chi connectivity index (χ2v) is 7.36. The molecule has 7 nitrogen and oxygen atoms in total. The number of nitrogens with zero attached hydrogens (tertiary/aromatic N) is 1. The summed E-state index contributed by atoms with van der Waals surface area (Å²) in [4.78, 5) is 33.0. The average molecular weight is 414 g/mol. The number of amides is 1. The highest BCUT2D eigenvalue weighted by Gasteiger charge is 2.28. The van der Waals surface area contributed by atoms with Gasteiger partial charge >= 0.3 is 5.69 Å². The Morgan fingerprint density at radius 3 is 2.83 bits per heavy atom. The third-order valence-electron chi connectivity index (χ3n) is 4.72. The predicted octanol–water partition coefficient (Wildman–Crippen LogP) is 3.80. The summed E-state index contributed by atoms with van der Waals surface area (Å²) in [6.07, 6.45) is 4.81. The number of aromatic nitrogens is 3. The predicted molar refractivity (Wildman–Crippen MR) is 109 cm³/mol. The van der Waals surface area contributed by atoms with Crippen LogP contribution < -0.4 is 15.7 Å². The van der Waals surface area contributed by atoms with Gasteiger partial charge in [0.05, 0.1) is 23.3 Å². The van der Waals surface area contributed by atoms with Crippen molar-refractivity contribution in [3.05, 3.63) is 58.1 Å². The second-order valence-electron chi connectivity index (χ2n) is 7.36. The van der Waals surface area contributed by atoms with Crippen molar-refractivity contribution in [2.75, 3.05) is 11.9 Å². The molecular formula is C21H20F2N4O3. The molecule has 4 rings (SSSR count). The van der Waals surface area contributed by atoms with E-state index in [1.165, 1.54) is 24.3 Å². The fourth-order valence-corrected chi connectivity index (χ4v) is 2.92. The molecule has 1 fully saturated rings. The van der Waals surface area contributed by atoms with Gasteiger partial charge in [0.25, 0.3) is 5.92 Å². The summed E-state index contributed by atoms with van der Waals surface area (Å²) in [5.74, 6) is -3.06. The monoisotopic (exact) mass is 414 g/mol. The number of hydrogen-bond donors (Lipinski definition) is 3. The van der Waals surface area contributed by atoms with E-state index in [1.54, 1.807) is 18.2 Å². The van der Waals surface area contributed by atoms with Gasteiger partial charge in [-0.1, -0.05) is 6.07 Å². The van der Waals surface area contributed by atoms with Crippen LogP contribution in [0.4, 0.5) is 14.5 Å². The molecule has 156 valence electrons. The lowest BCUT2D eigenvalue weighted by atomic mass is 10.2. The summed E-state index contributed by atoms with van der Waals surface area (Å²) < 4.78 is 32.9. The molecule has 3 aromatic rings. The number of rotatable bonds is 7. The zero-order valence-electron chi connectivity index (χ0n) is 16.2. The normalized spacial score (nSPS) is 14.4. The number of pyridine rings is 1. The summed E-state index contributed by atoms with van der Waals surface area (Å²) in [7, 11) is 0. The van der Waals surface area contributed by atoms with E-state index in [9.17, 15) is 18.4 Å². The highest BCUT2D eigenvalue weighted by Crippen LogP contribution is 2.32. The van der Waals surface area contributed by atoms with Gasteiger partial charge in [0.2, 0.25) is 11.8 Å². The van der Waals surface area contributed by atoms with Crippen LogP contribution in [0.25, 0.3) is 17.1 Å². The van der Waals surface area contributed by atoms with Crippen LogP contribution in [0.5, 0.6) is 5.88 Å². The van der Waals surface area contributed by atoms with Crippen LogP contribution in [0.3, 0.4) is 0 Å². The largest absolute Gasteiger partial charge is 0.477 e. The minimum absolute atomic E-state index is 0.0713. The van der Waals surface area contributed by atoms with Crippen molar-refractivity contribution in [3.63, 3.8) is 0 Å². The maximum absolute atomic E-state index is 13.6. The second kappa shape index (κ2) is 7.74. The molecule has 30 heavy (non-hydrogen) atoms. The standard InChI is InChI=1S/C21H20F2N4O3/c1-21(22,23)16-9-7-13(19(26-16)30-11-12-5-6-12)8-10-17(28)24-14-3-2-4-15-18(14)27-20(29)25-15/h2-4,7-10,12H,5-6,11H2,1H3,(H,24,28)(H2,25,27,29)/b10-8+. The van der Waals surface area contributed by atoms with Crippen molar-refractivity contribution in [2.45, 2.75) is 25.7 Å². The van der Waals surface area contributed by atoms with Gasteiger partial charge in [0.15, 0.2) is 0 Å². The van der Waals surface area contributed by atoms with Crippen molar-refractivity contribution < 1.29 is 18.3 Å². The van der Waals surface area contributed by atoms with E-state index in [1.807, 2.05) is 0 Å². The maximum atomic E-state index is 13.6. The number of alkyl halides is 2. The Morgan fingerprint density at radius 2 is 2.10 bits per heavy atom. The first-order valence-electron chi connectivity index (χ1n) is 9.52. The Hall–Kier alpha value is -3.49. The molecule has 0 atom stereocenters. The van der Waals surface area contributed by atoms with E-state index < -0.39 is 17.5 Å². The minimum atomic E-state index is -3.09. The number of hydrogen-bond acceptors (Lipinski definition) is 4. The zero-order valence-corrected chi connectivity index (χ0v) is 16.2. The first kappa shape index (κ1) is 19.8. The number of imidazole rings is 1. The quantitative estimate of drug-likeness (QED) is 0.512. The van der Waals surface area contributed by atoms with Crippen LogP contribution in [0, 0.1) is 5.92 Å². The van der Waals surface area contributed by atoms with Gasteiger partial charge in [-0.25, -0.2) is 9.78 Å². The molecule has 0 saturated heterocycles. The third kappa shape index (κ3) is 4.56. The van der Waals surface area contributed by atoms with Gasteiger partial charge in [-0.2, -0.15) is 8.78 Å². The van der Waals surface area contributed by atoms with E-state index in [-0.39, 0.29) is 11.6 Å². The lowest BCUT2D eigenvalue weighted by Crippen LogP contribution is -2.12. The summed E-state index contributed by atoms with van der Waals surface area (Å²) in [5, 5.41) is 2.69. The zero-order chi connectivity index (χ0) is 21.3. The van der Waals surface area contributed by atoms with Gasteiger partial charge in [-0.3, -0.25) is 4.79 Å². The highest BCUT2D eigenvalue weighted by molar-refractivity contribution is 6.06. The number of para-hydroxylation sites is 1. The maximum Gasteiger partial charge on any atom is 0.323 e. The van der Waals surface area contributed by atoms with Gasteiger partial charge in [-0.15, -0.1) is 0 Å². The SMILES string of the molecule is CC(F)(F)c1ccc(/C=C/C(=O)Nc2cccc3[nH]c(=O)[nH]c23)c(OCC2CC2)n1. The fourth-order valence-electron chi connectivity index (χ4n) is 2.92. The van der Waals surface area contributed by atoms with E-state index >= 15 is 0 Å². The van der Waals surface area contributed by atoms with E-state index in [0.29, 0.717) is 34.8 Å². The molecule has 1 amide bonds. The number of anilines is 1. The number of nitrogens with one attached hydrogen (secondary N) is 3. The van der Waals surface area contributed by atoms with Crippen molar-refractivity contribution in [1.29, 1.82) is 0 Å². The fraction of sp³-hybridized carbons (Fsp3) is 0.286. The molecule has 2 aromatic heterocycles. The van der Waals surface area contributed by atoms with Gasteiger partial charge in [0, 0.05) is 18.6 Å². The molecule has 0 spiro atoms. The lowest BCUT2D eigenvalue weighted by Gasteiger charge is -2.13. The summed E-state index contributed by atoms with van der Waals surface area (Å²) in [5.41, 5.74) is 1.14. The molecule has 0 aliphatic heterocycles. The molecule has 3 N–H and O–H groups in total. The number of benzene rings is 1. The number of aromatic amines is 2. The topological polar surface area (TPSA) is 99.9 Å². The minimum Gasteiger partial charge on any atom is -0.477 e. The molecule has 1 aliphatic carbocycles. The van der Waals surface area contributed by atoms with Crippen LogP contribution in [0.1, 0.15) is 31.0 Å². The van der Waals surface area contributed by atoms with Crippen molar-refractivity contribution >= 4 is 28.7 Å². The Balaban J connectivity index is 1.54. The highest BCUT2D eigenvalue weighted by atomic mass is 19.3. The smallest absolute Gasteiger partial charge is 0.323 e. The molecule has 0 bridgehead atoms. The first-order chi connectivity index (χ1) is 14.3. The Labute approximate surface area is 170 Å². The van der Waals surface area contributed by atoms with Crippen LogP contribution in [-0.2, 0) is 10.7 Å². The average Bonchev–Trinajstić information content (AvgIpc) is 3.43. The molecule has 0 radical (unpaired) electrons. The van der Waals surface area contributed by atoms with Crippen LogP contribution in [0.2, 0.25) is 0 Å². The van der Waals surface area contributed by atoms with Crippen LogP contribution >= 0.6 is 0 Å². The number of halogens is 2. The number of ether oxygens (including phenoxy) is 1. The Kier molecular flexibility index (Phi) is 5.11. The summed E-state index contributed by atoms with van der Waals surface area (Å²) in [6.45, 7) is 1.18. The number of carbonyl (C=O) groups excluding carboxylic acids is 1. The van der Waals surface area contributed by atoms with Crippen LogP contribution in [-0.4, -0.2) is 27.5 Å². The van der Waals surface area contributed by atoms with Crippen molar-refractivity contribution in [3.8, 4) is 5.88 Å². The number of carbonyl (C=O) groups is 1. The van der Waals surface area contributed by atoms with Crippen molar-refractivity contribution in [2.24, 2.45) is 5.92 Å². The third-order valence-corrected chi connectivity index (χ3v) is 4.72. The molecule has 1 saturated carbocycles. The lowest BCUT2D eigenvalue weighted by molar-refractivity contribution is -0.111. The summed E-state index contributed by atoms with van der Waals surface area (Å²) >= 11 is 0. The van der Waals surface area contributed by atoms with Gasteiger partial charge in [-0.05, 0) is 49.1 Å². The molecule has 1 aliphatic rings. The van der Waals surface area contributed by atoms with E-state index in [2.05, 4.69) is 20.3 Å². The molecule has 2 heterocycles. The van der Waals surface area contributed by atoms with Crippen molar-refractivity contribution in [1.82, 2.24) is 15.0 Å². The van der Waals surface area contributed by atoms with E-state index in [4.69, 9.17) is 4.74 Å². The molecule has 9 heteroatoms. The number of H-pyrrole nitrogens is 2. The molecular weight excluding hydrogens is 394 g/mol. The Bertz CT molecular complexity index is 1170. The number of fused-ring (bicyclic) bond motifs is 1. The first-order valence-corrected chi connectivity index (χ1v) is 9.52. The summed E-state index contributed by atoms with van der Waals surface area (Å²) in [6, 6.07) is 7.73. The molecule has 0 unspecified atom stereocenters. The van der Waals surface area contributed by atoms with Gasteiger partial charge < -0.3 is 20.0 Å². The van der Waals surface area contributed by atoms with Gasteiger partial charge in [0.1, 0.15) is 5.69 Å². The molecule has 1 aromatic carbocycles. The Morgan fingerprint density at radius 1 is 1.30 bits per heavy atom. The van der Waals surface area contributed by atoms with E-state index in [0.717, 1.165) is 19.8 Å². The van der Waals surface area contributed by atoms with Crippen LogP contribution in [0.15, 0.2) is 41.2 Å².